The van der Waals surface area contributed by atoms with Crippen molar-refractivity contribution in [3.05, 3.63) is 0 Å². The van der Waals surface area contributed by atoms with Gasteiger partial charge in [0.15, 0.2) is 0 Å². The zero-order valence-corrected chi connectivity index (χ0v) is 6.66. The van der Waals surface area contributed by atoms with Gasteiger partial charge in [-0.05, 0) is 13.3 Å². The SMILES string of the molecule is CCC(C)OC(=O)CC(=O)O.[NaH]. The summed E-state index contributed by atoms with van der Waals surface area (Å²) in [6.45, 7) is 3.58. The van der Waals surface area contributed by atoms with Crippen LogP contribution < -0.4 is 0 Å². The Bertz CT molecular complexity index is 157. The second-order valence-electron chi connectivity index (χ2n) is 2.28. The average Bonchev–Trinajstić information content (AvgIpc) is 1.85. The van der Waals surface area contributed by atoms with Gasteiger partial charge in [-0.1, -0.05) is 6.92 Å². The van der Waals surface area contributed by atoms with Crippen molar-refractivity contribution in [3.63, 3.8) is 0 Å². The number of esters is 1. The van der Waals surface area contributed by atoms with Gasteiger partial charge in [0.1, 0.15) is 6.42 Å². The molecule has 0 aromatic carbocycles. The van der Waals surface area contributed by atoms with E-state index in [9.17, 15) is 9.59 Å². The summed E-state index contributed by atoms with van der Waals surface area (Å²) in [7, 11) is 0. The van der Waals surface area contributed by atoms with Crippen molar-refractivity contribution in [1.29, 1.82) is 0 Å². The van der Waals surface area contributed by atoms with Gasteiger partial charge in [0.2, 0.25) is 0 Å². The average molecular weight is 184 g/mol. The van der Waals surface area contributed by atoms with Crippen LogP contribution in [0.25, 0.3) is 0 Å². The maximum absolute atomic E-state index is 10.6. The molecule has 5 heteroatoms. The van der Waals surface area contributed by atoms with E-state index in [-0.39, 0.29) is 35.7 Å². The Labute approximate surface area is 93.6 Å². The van der Waals surface area contributed by atoms with Crippen LogP contribution in [-0.2, 0) is 14.3 Å². The number of carboxylic acid groups (broad SMARTS) is 1. The van der Waals surface area contributed by atoms with Gasteiger partial charge in [-0.25, -0.2) is 0 Å². The molecule has 1 unspecified atom stereocenters. The Hall–Kier alpha value is -0.0600. The van der Waals surface area contributed by atoms with Gasteiger partial charge in [0.05, 0.1) is 6.10 Å². The van der Waals surface area contributed by atoms with Crippen LogP contribution in [0.4, 0.5) is 0 Å². The van der Waals surface area contributed by atoms with Crippen molar-refractivity contribution in [3.8, 4) is 0 Å². The minimum atomic E-state index is -1.15. The van der Waals surface area contributed by atoms with Gasteiger partial charge in [-0.15, -0.1) is 0 Å². The molecule has 0 radical (unpaired) electrons. The van der Waals surface area contributed by atoms with Crippen molar-refractivity contribution in [2.45, 2.75) is 32.8 Å². The molecule has 66 valence electrons. The summed E-state index contributed by atoms with van der Waals surface area (Å²) in [5.41, 5.74) is 0. The number of rotatable bonds is 4. The summed E-state index contributed by atoms with van der Waals surface area (Å²) in [6, 6.07) is 0. The summed E-state index contributed by atoms with van der Waals surface area (Å²) in [4.78, 5) is 20.6. The van der Waals surface area contributed by atoms with Crippen LogP contribution >= 0.6 is 0 Å². The predicted octanol–water partition coefficient (Wildman–Crippen LogP) is 0.154. The number of hydrogen-bond donors (Lipinski definition) is 1. The molecule has 0 saturated carbocycles. The number of hydrogen-bond acceptors (Lipinski definition) is 3. The first-order valence-corrected chi connectivity index (χ1v) is 3.47. The molecule has 0 heterocycles. The van der Waals surface area contributed by atoms with Crippen LogP contribution in [0.1, 0.15) is 26.7 Å². The fraction of sp³-hybridized carbons (Fsp3) is 0.714. The molecule has 1 N–H and O–H groups in total. The summed E-state index contributed by atoms with van der Waals surface area (Å²) in [5.74, 6) is -1.83. The standard InChI is InChI=1S/C7H12O4.Na.H/c1-3-5(2)11-7(10)4-6(8)9;;/h5H,3-4H2,1-2H3,(H,8,9);;. The quantitative estimate of drug-likeness (QED) is 0.384. The Morgan fingerprint density at radius 3 is 2.33 bits per heavy atom. The maximum atomic E-state index is 10.6. The molecule has 4 nitrogen and oxygen atoms in total. The van der Waals surface area contributed by atoms with Crippen LogP contribution in [-0.4, -0.2) is 52.7 Å². The first-order chi connectivity index (χ1) is 5.06. The summed E-state index contributed by atoms with van der Waals surface area (Å²) in [5, 5.41) is 8.17. The Balaban J connectivity index is 0. The second-order valence-corrected chi connectivity index (χ2v) is 2.28. The van der Waals surface area contributed by atoms with Crippen LogP contribution in [0.2, 0.25) is 0 Å². The third-order valence-corrected chi connectivity index (χ3v) is 1.20. The molecule has 12 heavy (non-hydrogen) atoms. The van der Waals surface area contributed by atoms with E-state index in [0.717, 1.165) is 0 Å². The van der Waals surface area contributed by atoms with E-state index in [0.29, 0.717) is 6.42 Å². The number of aliphatic carboxylic acids is 1. The molecule has 0 saturated heterocycles. The minimum absolute atomic E-state index is 0. The normalized spacial score (nSPS) is 11.2. The molecule has 0 bridgehead atoms. The van der Waals surface area contributed by atoms with Crippen molar-refractivity contribution in [2.75, 3.05) is 0 Å². The number of ether oxygens (including phenoxy) is 1. The fourth-order valence-electron chi connectivity index (χ4n) is 0.473. The third-order valence-electron chi connectivity index (χ3n) is 1.20. The molecule has 0 aliphatic heterocycles. The van der Waals surface area contributed by atoms with E-state index in [1.165, 1.54) is 0 Å². The Morgan fingerprint density at radius 2 is 2.00 bits per heavy atom. The van der Waals surface area contributed by atoms with E-state index in [1.54, 1.807) is 6.92 Å². The van der Waals surface area contributed by atoms with Crippen LogP contribution in [0.15, 0.2) is 0 Å². The molecule has 0 aromatic rings. The zero-order chi connectivity index (χ0) is 8.85. The number of carbonyl (C=O) groups is 2. The van der Waals surface area contributed by atoms with E-state index < -0.39 is 18.4 Å². The van der Waals surface area contributed by atoms with Crippen molar-refractivity contribution >= 4 is 41.5 Å². The summed E-state index contributed by atoms with van der Waals surface area (Å²) in [6.07, 6.45) is -0.0442. The van der Waals surface area contributed by atoms with Crippen LogP contribution in [0.5, 0.6) is 0 Å². The zero-order valence-electron chi connectivity index (χ0n) is 6.66. The fourth-order valence-corrected chi connectivity index (χ4v) is 0.473. The molecule has 0 fully saturated rings. The second kappa shape index (κ2) is 7.58. The molecule has 0 rings (SSSR count). The first kappa shape index (κ1) is 14.5. The van der Waals surface area contributed by atoms with E-state index in [4.69, 9.17) is 9.84 Å². The summed E-state index contributed by atoms with van der Waals surface area (Å²) >= 11 is 0. The molecule has 1 atom stereocenters. The number of carboxylic acids is 1. The monoisotopic (exact) mass is 184 g/mol. The molecule has 0 aromatic heterocycles. The molecular weight excluding hydrogens is 171 g/mol. The van der Waals surface area contributed by atoms with Crippen LogP contribution in [0.3, 0.4) is 0 Å². The van der Waals surface area contributed by atoms with Crippen molar-refractivity contribution < 1.29 is 19.4 Å². The third kappa shape index (κ3) is 8.04. The molecule has 0 aliphatic rings. The Morgan fingerprint density at radius 1 is 1.50 bits per heavy atom. The van der Waals surface area contributed by atoms with Crippen molar-refractivity contribution in [2.24, 2.45) is 0 Å². The van der Waals surface area contributed by atoms with Crippen LogP contribution in [0, 0.1) is 0 Å². The van der Waals surface area contributed by atoms with Gasteiger partial charge in [-0.2, -0.15) is 0 Å². The van der Waals surface area contributed by atoms with Gasteiger partial charge < -0.3 is 9.84 Å². The molecule has 0 aliphatic carbocycles. The number of carbonyl (C=O) groups excluding carboxylic acids is 1. The predicted molar refractivity (Wildman–Crippen MR) is 45.2 cm³/mol. The van der Waals surface area contributed by atoms with E-state index >= 15 is 0 Å². The molecule has 0 amide bonds. The van der Waals surface area contributed by atoms with Gasteiger partial charge in [-0.3, -0.25) is 9.59 Å². The van der Waals surface area contributed by atoms with Gasteiger partial charge >= 0.3 is 41.5 Å². The van der Waals surface area contributed by atoms with Crippen molar-refractivity contribution in [1.82, 2.24) is 0 Å². The van der Waals surface area contributed by atoms with E-state index in [2.05, 4.69) is 0 Å². The first-order valence-electron chi connectivity index (χ1n) is 3.47. The van der Waals surface area contributed by atoms with Gasteiger partial charge in [0.25, 0.3) is 0 Å². The molecule has 0 spiro atoms. The molecular formula is C7H13NaO4. The van der Waals surface area contributed by atoms with E-state index in [1.807, 2.05) is 6.92 Å². The van der Waals surface area contributed by atoms with Gasteiger partial charge in [0, 0.05) is 0 Å². The Kier molecular flexibility index (Phi) is 9.14. The summed E-state index contributed by atoms with van der Waals surface area (Å²) < 4.78 is 4.69. The topological polar surface area (TPSA) is 63.6 Å².